The molecule has 6 nitrogen and oxygen atoms in total. The number of carbonyl (C=O) groups is 1. The molecule has 3 aromatic rings. The number of hydrogen-bond acceptors (Lipinski definition) is 5. The zero-order chi connectivity index (χ0) is 18.9. The molecule has 2 aliphatic heterocycles. The zero-order valence-corrected chi connectivity index (χ0v) is 15.5. The first-order valence-electron chi connectivity index (χ1n) is 9.72. The summed E-state index contributed by atoms with van der Waals surface area (Å²) in [7, 11) is 0. The lowest BCUT2D eigenvalue weighted by Gasteiger charge is -2.25. The molecular formula is C22H21N3O3. The van der Waals surface area contributed by atoms with Crippen molar-refractivity contribution in [3.63, 3.8) is 0 Å². The van der Waals surface area contributed by atoms with Crippen molar-refractivity contribution in [3.05, 3.63) is 59.9 Å². The molecule has 1 aromatic heterocycles. The molecule has 0 spiro atoms. The van der Waals surface area contributed by atoms with Crippen LogP contribution < -0.4 is 9.47 Å². The molecule has 0 aliphatic carbocycles. The smallest absolute Gasteiger partial charge is 0.274 e. The molecule has 2 aromatic carbocycles. The van der Waals surface area contributed by atoms with Gasteiger partial charge in [0.05, 0.1) is 36.5 Å². The van der Waals surface area contributed by atoms with Crippen LogP contribution >= 0.6 is 0 Å². The van der Waals surface area contributed by atoms with Crippen LogP contribution in [-0.4, -0.2) is 40.5 Å². The number of para-hydroxylation sites is 2. The van der Waals surface area contributed by atoms with E-state index in [9.17, 15) is 4.79 Å². The summed E-state index contributed by atoms with van der Waals surface area (Å²) in [5.74, 6) is 1.46. The van der Waals surface area contributed by atoms with E-state index in [1.807, 2.05) is 47.4 Å². The number of fused-ring (bicyclic) bond motifs is 2. The van der Waals surface area contributed by atoms with Crippen molar-refractivity contribution < 1.29 is 14.3 Å². The van der Waals surface area contributed by atoms with E-state index in [2.05, 4.69) is 9.97 Å². The lowest BCUT2D eigenvalue weighted by molar-refractivity contribution is 0.0729. The minimum absolute atomic E-state index is 0.0120. The number of likely N-dealkylation sites (tertiary alicyclic amines) is 1. The van der Waals surface area contributed by atoms with Gasteiger partial charge in [0.1, 0.15) is 5.69 Å². The molecule has 0 saturated carbocycles. The Hall–Kier alpha value is -3.15. The average molecular weight is 375 g/mol. The van der Waals surface area contributed by atoms with Gasteiger partial charge in [-0.3, -0.25) is 9.78 Å². The zero-order valence-electron chi connectivity index (χ0n) is 15.5. The van der Waals surface area contributed by atoms with Gasteiger partial charge < -0.3 is 14.4 Å². The number of aromatic nitrogens is 2. The predicted octanol–water partition coefficient (Wildman–Crippen LogP) is 3.77. The van der Waals surface area contributed by atoms with E-state index in [0.29, 0.717) is 25.5 Å². The molecule has 1 atom stereocenters. The fraction of sp³-hybridized carbons (Fsp3) is 0.318. The summed E-state index contributed by atoms with van der Waals surface area (Å²) in [4.78, 5) is 24.0. The Kier molecular flexibility index (Phi) is 4.31. The van der Waals surface area contributed by atoms with E-state index in [1.165, 1.54) is 0 Å². The number of ether oxygens (including phenoxy) is 2. The molecular weight excluding hydrogens is 354 g/mol. The third-order valence-electron chi connectivity index (χ3n) is 5.34. The van der Waals surface area contributed by atoms with Crippen molar-refractivity contribution in [2.24, 2.45) is 0 Å². The Morgan fingerprint density at radius 2 is 1.82 bits per heavy atom. The van der Waals surface area contributed by atoms with Crippen LogP contribution in [0.5, 0.6) is 11.5 Å². The Morgan fingerprint density at radius 1 is 1.00 bits per heavy atom. The highest BCUT2D eigenvalue weighted by Crippen LogP contribution is 2.38. The second-order valence-electron chi connectivity index (χ2n) is 7.16. The second kappa shape index (κ2) is 7.11. The van der Waals surface area contributed by atoms with E-state index in [0.717, 1.165) is 47.4 Å². The van der Waals surface area contributed by atoms with Crippen molar-refractivity contribution in [2.75, 3.05) is 19.8 Å². The number of rotatable bonds is 2. The maximum atomic E-state index is 13.2. The average Bonchev–Trinajstić information content (AvgIpc) is 3.11. The first-order valence-corrected chi connectivity index (χ1v) is 9.72. The minimum atomic E-state index is -0.0761. The van der Waals surface area contributed by atoms with Crippen molar-refractivity contribution in [2.45, 2.75) is 25.3 Å². The van der Waals surface area contributed by atoms with Crippen LogP contribution in [0, 0.1) is 0 Å². The first kappa shape index (κ1) is 17.0. The number of nitrogens with zero attached hydrogens (tertiary/aromatic N) is 3. The van der Waals surface area contributed by atoms with Gasteiger partial charge in [-0.05, 0) is 42.7 Å². The second-order valence-corrected chi connectivity index (χ2v) is 7.16. The molecule has 28 heavy (non-hydrogen) atoms. The van der Waals surface area contributed by atoms with Crippen LogP contribution in [-0.2, 0) is 0 Å². The molecule has 2 aliphatic rings. The van der Waals surface area contributed by atoms with Crippen molar-refractivity contribution >= 4 is 16.9 Å². The lowest BCUT2D eigenvalue weighted by Crippen LogP contribution is -2.31. The molecule has 5 rings (SSSR count). The van der Waals surface area contributed by atoms with E-state index < -0.39 is 0 Å². The molecule has 0 N–H and O–H groups in total. The van der Waals surface area contributed by atoms with Crippen molar-refractivity contribution in [3.8, 4) is 11.5 Å². The van der Waals surface area contributed by atoms with Gasteiger partial charge in [-0.25, -0.2) is 4.98 Å². The monoisotopic (exact) mass is 375 g/mol. The Bertz CT molecular complexity index is 1040. The topological polar surface area (TPSA) is 64.6 Å². The molecule has 1 saturated heterocycles. The molecule has 6 heteroatoms. The van der Waals surface area contributed by atoms with E-state index >= 15 is 0 Å². The Balaban J connectivity index is 1.44. The highest BCUT2D eigenvalue weighted by Gasteiger charge is 2.32. The summed E-state index contributed by atoms with van der Waals surface area (Å²) < 4.78 is 11.6. The van der Waals surface area contributed by atoms with E-state index in [1.54, 1.807) is 6.20 Å². The molecule has 0 radical (unpaired) electrons. The fourth-order valence-electron chi connectivity index (χ4n) is 3.95. The van der Waals surface area contributed by atoms with E-state index in [-0.39, 0.29) is 11.9 Å². The third kappa shape index (κ3) is 3.05. The molecule has 0 unspecified atom stereocenters. The molecule has 0 bridgehead atoms. The summed E-state index contributed by atoms with van der Waals surface area (Å²) in [5.41, 5.74) is 2.99. The highest BCUT2D eigenvalue weighted by molar-refractivity contribution is 5.94. The van der Waals surface area contributed by atoms with Gasteiger partial charge in [0, 0.05) is 13.0 Å². The fourth-order valence-corrected chi connectivity index (χ4v) is 3.95. The van der Waals surface area contributed by atoms with Gasteiger partial charge in [-0.15, -0.1) is 0 Å². The van der Waals surface area contributed by atoms with Crippen LogP contribution in [0.15, 0.2) is 48.7 Å². The number of hydrogen-bond donors (Lipinski definition) is 0. The third-order valence-corrected chi connectivity index (χ3v) is 5.34. The van der Waals surface area contributed by atoms with Gasteiger partial charge >= 0.3 is 0 Å². The maximum Gasteiger partial charge on any atom is 0.274 e. The van der Waals surface area contributed by atoms with Crippen molar-refractivity contribution in [1.29, 1.82) is 0 Å². The van der Waals surface area contributed by atoms with Gasteiger partial charge in [-0.1, -0.05) is 18.2 Å². The van der Waals surface area contributed by atoms with Crippen LogP contribution in [0.1, 0.15) is 41.4 Å². The van der Waals surface area contributed by atoms with Crippen LogP contribution in [0.3, 0.4) is 0 Å². The number of carbonyl (C=O) groups excluding carboxylic acids is 1. The minimum Gasteiger partial charge on any atom is -0.490 e. The van der Waals surface area contributed by atoms with Crippen molar-refractivity contribution in [1.82, 2.24) is 14.9 Å². The van der Waals surface area contributed by atoms with Gasteiger partial charge in [0.2, 0.25) is 0 Å². The summed E-state index contributed by atoms with van der Waals surface area (Å²) in [6.07, 6.45) is 4.34. The summed E-state index contributed by atoms with van der Waals surface area (Å²) >= 11 is 0. The SMILES string of the molecule is O=C(c1cnc2ccccc2n1)N1CCC[C@@H]1c1ccc2c(c1)OCCCO2. The summed E-state index contributed by atoms with van der Waals surface area (Å²) in [6, 6.07) is 13.6. The van der Waals surface area contributed by atoms with Gasteiger partial charge in [0.15, 0.2) is 11.5 Å². The van der Waals surface area contributed by atoms with Gasteiger partial charge in [-0.2, -0.15) is 0 Å². The lowest BCUT2D eigenvalue weighted by atomic mass is 10.0. The molecule has 1 amide bonds. The standard InChI is InChI=1S/C22H21N3O3/c26-22(18-14-23-16-5-1-2-6-17(16)24-18)25-10-3-7-19(25)15-8-9-20-21(13-15)28-12-4-11-27-20/h1-2,5-6,8-9,13-14,19H,3-4,7,10-12H2/t19-/m1/s1. The molecule has 142 valence electrons. The number of amides is 1. The maximum absolute atomic E-state index is 13.2. The van der Waals surface area contributed by atoms with E-state index in [4.69, 9.17) is 9.47 Å². The van der Waals surface area contributed by atoms with Crippen LogP contribution in [0.25, 0.3) is 11.0 Å². The largest absolute Gasteiger partial charge is 0.490 e. The predicted molar refractivity (Wildman–Crippen MR) is 105 cm³/mol. The Labute approximate surface area is 163 Å². The van der Waals surface area contributed by atoms with Crippen LogP contribution in [0.2, 0.25) is 0 Å². The molecule has 3 heterocycles. The normalized spacial score (nSPS) is 18.9. The Morgan fingerprint density at radius 3 is 2.71 bits per heavy atom. The number of benzene rings is 2. The quantitative estimate of drug-likeness (QED) is 0.682. The molecule has 1 fully saturated rings. The summed E-state index contributed by atoms with van der Waals surface area (Å²) in [6.45, 7) is 2.03. The highest BCUT2D eigenvalue weighted by atomic mass is 16.5. The van der Waals surface area contributed by atoms with Crippen LogP contribution in [0.4, 0.5) is 0 Å². The van der Waals surface area contributed by atoms with Gasteiger partial charge in [0.25, 0.3) is 5.91 Å². The first-order chi connectivity index (χ1) is 13.8. The summed E-state index contributed by atoms with van der Waals surface area (Å²) in [5, 5.41) is 0.